The van der Waals surface area contributed by atoms with E-state index in [0.29, 0.717) is 5.82 Å². The van der Waals surface area contributed by atoms with E-state index in [2.05, 4.69) is 16.6 Å². The lowest BCUT2D eigenvalue weighted by Gasteiger charge is -2.27. The van der Waals surface area contributed by atoms with Gasteiger partial charge in [-0.05, 0) is 38.2 Å². The summed E-state index contributed by atoms with van der Waals surface area (Å²) in [5, 5.41) is 12.4. The Morgan fingerprint density at radius 2 is 2.16 bits per heavy atom. The van der Waals surface area contributed by atoms with Crippen LogP contribution < -0.4 is 5.32 Å². The first-order valence-electron chi connectivity index (χ1n) is 6.56. The molecule has 104 valence electrons. The van der Waals surface area contributed by atoms with E-state index in [1.807, 2.05) is 18.7 Å². The van der Waals surface area contributed by atoms with Gasteiger partial charge in [0, 0.05) is 17.0 Å². The van der Waals surface area contributed by atoms with Crippen molar-refractivity contribution in [3.63, 3.8) is 0 Å². The molecule has 0 radical (unpaired) electrons. The molecule has 4 nitrogen and oxygen atoms in total. The quantitative estimate of drug-likeness (QED) is 0.867. The smallest absolute Gasteiger partial charge is 0.339 e. The number of thioether (sulfide) groups is 1. The number of pyridine rings is 1. The first-order chi connectivity index (χ1) is 9.06. The normalized spacial score (nSPS) is 17.4. The molecule has 5 heteroatoms. The van der Waals surface area contributed by atoms with E-state index in [-0.39, 0.29) is 10.3 Å². The minimum Gasteiger partial charge on any atom is -0.478 e. The van der Waals surface area contributed by atoms with Gasteiger partial charge in [-0.3, -0.25) is 0 Å². The van der Waals surface area contributed by atoms with Crippen molar-refractivity contribution in [2.75, 3.05) is 18.1 Å². The molecule has 1 fully saturated rings. The maximum absolute atomic E-state index is 11.2. The van der Waals surface area contributed by atoms with Crippen molar-refractivity contribution in [1.82, 2.24) is 4.98 Å². The monoisotopic (exact) mass is 280 g/mol. The van der Waals surface area contributed by atoms with Gasteiger partial charge in [0.1, 0.15) is 11.4 Å². The molecule has 0 saturated heterocycles. The second-order valence-corrected chi connectivity index (χ2v) is 6.38. The van der Waals surface area contributed by atoms with Gasteiger partial charge in [-0.2, -0.15) is 11.8 Å². The Bertz CT molecular complexity index is 471. The van der Waals surface area contributed by atoms with Crippen molar-refractivity contribution in [1.29, 1.82) is 0 Å². The molecule has 1 heterocycles. The van der Waals surface area contributed by atoms with Crippen LogP contribution in [0.25, 0.3) is 0 Å². The SMILES string of the molecule is CSC1(CNc2nc(C)ccc2C(=O)O)CCCC1. The summed E-state index contributed by atoms with van der Waals surface area (Å²) in [5.74, 6) is -0.438. The summed E-state index contributed by atoms with van der Waals surface area (Å²) in [5.41, 5.74) is 1.08. The van der Waals surface area contributed by atoms with Crippen molar-refractivity contribution in [2.24, 2.45) is 0 Å². The number of anilines is 1. The van der Waals surface area contributed by atoms with Gasteiger partial charge >= 0.3 is 5.97 Å². The first-order valence-corrected chi connectivity index (χ1v) is 7.79. The second-order valence-electron chi connectivity index (χ2n) is 5.10. The Morgan fingerprint density at radius 3 is 2.74 bits per heavy atom. The number of rotatable bonds is 5. The van der Waals surface area contributed by atoms with Gasteiger partial charge < -0.3 is 10.4 Å². The van der Waals surface area contributed by atoms with Gasteiger partial charge in [0.2, 0.25) is 0 Å². The standard InChI is InChI=1S/C14H20N2O2S/c1-10-5-6-11(13(17)18)12(16-10)15-9-14(19-2)7-3-4-8-14/h5-6H,3-4,7-9H2,1-2H3,(H,15,16)(H,17,18). The molecule has 0 bridgehead atoms. The highest BCUT2D eigenvalue weighted by Gasteiger charge is 2.33. The topological polar surface area (TPSA) is 62.2 Å². The molecule has 0 amide bonds. The Labute approximate surface area is 118 Å². The Hall–Kier alpha value is -1.23. The summed E-state index contributed by atoms with van der Waals surface area (Å²) in [4.78, 5) is 15.5. The van der Waals surface area contributed by atoms with E-state index in [0.717, 1.165) is 12.2 Å². The fourth-order valence-electron chi connectivity index (χ4n) is 2.58. The van der Waals surface area contributed by atoms with Crippen molar-refractivity contribution >= 4 is 23.5 Å². The Balaban J connectivity index is 2.14. The molecule has 0 unspecified atom stereocenters. The van der Waals surface area contributed by atoms with E-state index in [1.165, 1.54) is 25.7 Å². The van der Waals surface area contributed by atoms with Crippen molar-refractivity contribution < 1.29 is 9.90 Å². The van der Waals surface area contributed by atoms with Gasteiger partial charge in [0.15, 0.2) is 0 Å². The Morgan fingerprint density at radius 1 is 1.47 bits per heavy atom. The number of carbonyl (C=O) groups is 1. The van der Waals surface area contributed by atoms with Crippen LogP contribution in [0.5, 0.6) is 0 Å². The third-order valence-electron chi connectivity index (χ3n) is 3.79. The molecule has 0 spiro atoms. The van der Waals surface area contributed by atoms with Crippen molar-refractivity contribution in [3.05, 3.63) is 23.4 Å². The molecular formula is C14H20N2O2S. The molecule has 1 aromatic heterocycles. The lowest BCUT2D eigenvalue weighted by atomic mass is 10.1. The van der Waals surface area contributed by atoms with E-state index < -0.39 is 5.97 Å². The van der Waals surface area contributed by atoms with Crippen LogP contribution in [0.4, 0.5) is 5.82 Å². The third-order valence-corrected chi connectivity index (χ3v) is 5.21. The number of aryl methyl sites for hydroxylation is 1. The maximum Gasteiger partial charge on any atom is 0.339 e. The van der Waals surface area contributed by atoms with Gasteiger partial charge in [-0.25, -0.2) is 9.78 Å². The van der Waals surface area contributed by atoms with E-state index >= 15 is 0 Å². The summed E-state index contributed by atoms with van der Waals surface area (Å²) in [6.45, 7) is 2.65. The van der Waals surface area contributed by atoms with Crippen LogP contribution in [0.2, 0.25) is 0 Å². The average molecular weight is 280 g/mol. The zero-order valence-corrected chi connectivity index (χ0v) is 12.2. The van der Waals surface area contributed by atoms with Crippen molar-refractivity contribution in [2.45, 2.75) is 37.4 Å². The van der Waals surface area contributed by atoms with Crippen LogP contribution in [-0.2, 0) is 0 Å². The van der Waals surface area contributed by atoms with Gasteiger partial charge in [0.05, 0.1) is 0 Å². The second kappa shape index (κ2) is 5.82. The highest BCUT2D eigenvalue weighted by atomic mass is 32.2. The minimum absolute atomic E-state index is 0.237. The molecule has 2 rings (SSSR count). The average Bonchev–Trinajstić information content (AvgIpc) is 2.85. The fraction of sp³-hybridized carbons (Fsp3) is 0.571. The molecular weight excluding hydrogens is 260 g/mol. The lowest BCUT2D eigenvalue weighted by Crippen LogP contribution is -2.30. The van der Waals surface area contributed by atoms with Gasteiger partial charge in [-0.15, -0.1) is 0 Å². The predicted molar refractivity (Wildman–Crippen MR) is 79.1 cm³/mol. The number of nitrogens with one attached hydrogen (secondary N) is 1. The summed E-state index contributed by atoms with van der Waals surface area (Å²) < 4.78 is 0.237. The molecule has 1 saturated carbocycles. The molecule has 1 aliphatic rings. The lowest BCUT2D eigenvalue weighted by molar-refractivity contribution is 0.0697. The zero-order chi connectivity index (χ0) is 13.9. The minimum atomic E-state index is -0.931. The van der Waals surface area contributed by atoms with Crippen LogP contribution in [0.15, 0.2) is 12.1 Å². The first kappa shape index (κ1) is 14.2. The van der Waals surface area contributed by atoms with Crippen LogP contribution in [0.3, 0.4) is 0 Å². The number of nitrogens with zero attached hydrogens (tertiary/aromatic N) is 1. The Kier molecular flexibility index (Phi) is 4.34. The highest BCUT2D eigenvalue weighted by Crippen LogP contribution is 2.40. The molecule has 0 atom stereocenters. The summed E-state index contributed by atoms with van der Waals surface area (Å²) >= 11 is 1.88. The maximum atomic E-state index is 11.2. The van der Waals surface area contributed by atoms with E-state index in [9.17, 15) is 9.90 Å². The fourth-order valence-corrected chi connectivity index (χ4v) is 3.49. The molecule has 1 aliphatic carbocycles. The summed E-state index contributed by atoms with van der Waals surface area (Å²) in [7, 11) is 0. The molecule has 1 aromatic rings. The van der Waals surface area contributed by atoms with Crippen LogP contribution >= 0.6 is 11.8 Å². The third kappa shape index (κ3) is 3.21. The number of aromatic carboxylic acids is 1. The van der Waals surface area contributed by atoms with Gasteiger partial charge in [-0.1, -0.05) is 12.8 Å². The highest BCUT2D eigenvalue weighted by molar-refractivity contribution is 8.00. The van der Waals surface area contributed by atoms with Crippen LogP contribution in [0, 0.1) is 6.92 Å². The largest absolute Gasteiger partial charge is 0.478 e. The number of carboxylic acid groups (broad SMARTS) is 1. The zero-order valence-electron chi connectivity index (χ0n) is 11.4. The number of aromatic nitrogens is 1. The van der Waals surface area contributed by atoms with E-state index in [1.54, 1.807) is 12.1 Å². The molecule has 2 N–H and O–H groups in total. The van der Waals surface area contributed by atoms with Crippen LogP contribution in [-0.4, -0.2) is 33.6 Å². The summed E-state index contributed by atoms with van der Waals surface area (Å²) in [6, 6.07) is 3.35. The number of hydrogen-bond donors (Lipinski definition) is 2. The van der Waals surface area contributed by atoms with E-state index in [4.69, 9.17) is 0 Å². The number of carboxylic acids is 1. The molecule has 19 heavy (non-hydrogen) atoms. The van der Waals surface area contributed by atoms with Crippen LogP contribution in [0.1, 0.15) is 41.7 Å². The molecule has 0 aliphatic heterocycles. The molecule has 0 aromatic carbocycles. The predicted octanol–water partition coefficient (Wildman–Crippen LogP) is 3.18. The van der Waals surface area contributed by atoms with Gasteiger partial charge in [0.25, 0.3) is 0 Å². The van der Waals surface area contributed by atoms with Crippen molar-refractivity contribution in [3.8, 4) is 0 Å². The summed E-state index contributed by atoms with van der Waals surface area (Å²) in [6.07, 6.45) is 7.03. The number of hydrogen-bond acceptors (Lipinski definition) is 4.